The highest BCUT2D eigenvalue weighted by Gasteiger charge is 2.28. The van der Waals surface area contributed by atoms with Gasteiger partial charge in [0.1, 0.15) is 34.5 Å². The zero-order chi connectivity index (χ0) is 41.8. The van der Waals surface area contributed by atoms with E-state index in [0.717, 1.165) is 5.56 Å². The van der Waals surface area contributed by atoms with Crippen molar-refractivity contribution in [3.63, 3.8) is 0 Å². The highest BCUT2D eigenvalue weighted by molar-refractivity contribution is 6.00. The first-order chi connectivity index (χ1) is 28.0. The standard InChI is InChI=1S/C26H29FN2O7.C15H11FN2O4/c1-5-34-23(30)16-29(14-18-9-12-20(32-3)13-22(18)33-4)15-21-24(17-7-10-19(27)11-8-17)28-36-25(21)26(31)35-6-2;1-2-21-15(20)12-13(19)14-10(7-17-12)11(18-22-14)8-3-5-9(16)6-4-8/h7-13H,5-6,14-16H2,1-4H3;3-7,19H,2H2,1H3. The Morgan fingerprint density at radius 3 is 1.95 bits per heavy atom. The number of carbonyl (C=O) groups is 3. The fourth-order valence-corrected chi connectivity index (χ4v) is 5.70. The first-order valence-electron chi connectivity index (χ1n) is 17.9. The topological polar surface area (TPSA) is 186 Å². The molecule has 58 heavy (non-hydrogen) atoms. The highest BCUT2D eigenvalue weighted by Crippen LogP contribution is 2.35. The molecule has 6 aromatic rings. The maximum atomic E-state index is 13.5. The summed E-state index contributed by atoms with van der Waals surface area (Å²) < 4.78 is 62.9. The molecule has 3 heterocycles. The monoisotopic (exact) mass is 802 g/mol. The molecule has 0 radical (unpaired) electrons. The van der Waals surface area contributed by atoms with Crippen LogP contribution in [0.1, 0.15) is 52.9 Å². The van der Waals surface area contributed by atoms with E-state index in [1.54, 1.807) is 52.0 Å². The Morgan fingerprint density at radius 1 is 0.741 bits per heavy atom. The average molecular weight is 803 g/mol. The van der Waals surface area contributed by atoms with Gasteiger partial charge < -0.3 is 37.8 Å². The van der Waals surface area contributed by atoms with Crippen LogP contribution in [0.3, 0.4) is 0 Å². The van der Waals surface area contributed by atoms with Crippen molar-refractivity contribution < 1.29 is 61.0 Å². The van der Waals surface area contributed by atoms with Gasteiger partial charge in [-0.1, -0.05) is 16.4 Å². The molecule has 0 saturated carbocycles. The summed E-state index contributed by atoms with van der Waals surface area (Å²) in [5.74, 6) is -2.00. The number of halogens is 2. The van der Waals surface area contributed by atoms with Crippen LogP contribution in [0, 0.1) is 11.6 Å². The second-order valence-electron chi connectivity index (χ2n) is 12.2. The van der Waals surface area contributed by atoms with Gasteiger partial charge >= 0.3 is 17.9 Å². The Balaban J connectivity index is 0.000000247. The van der Waals surface area contributed by atoms with Gasteiger partial charge in [0.25, 0.3) is 0 Å². The fraction of sp³-hybridized carbons (Fsp3) is 0.268. The molecule has 0 fully saturated rings. The van der Waals surface area contributed by atoms with E-state index in [4.69, 9.17) is 32.7 Å². The lowest BCUT2D eigenvalue weighted by Crippen LogP contribution is -2.31. The number of esters is 3. The van der Waals surface area contributed by atoms with Crippen LogP contribution in [0.5, 0.6) is 17.2 Å². The molecule has 3 aromatic carbocycles. The normalized spacial score (nSPS) is 10.8. The van der Waals surface area contributed by atoms with Crippen LogP contribution in [0.2, 0.25) is 0 Å². The van der Waals surface area contributed by atoms with Crippen molar-refractivity contribution in [2.45, 2.75) is 33.9 Å². The summed E-state index contributed by atoms with van der Waals surface area (Å²) in [4.78, 5) is 42.4. The summed E-state index contributed by atoms with van der Waals surface area (Å²) in [5, 5.41) is 18.4. The molecular formula is C41H40F2N4O11. The Bertz CT molecular complexity index is 2350. The molecule has 6 rings (SSSR count). The van der Waals surface area contributed by atoms with E-state index in [2.05, 4.69) is 15.3 Å². The SMILES string of the molecule is CCOC(=O)CN(Cc1ccc(OC)cc1OC)Cc1c(-c2ccc(F)cc2)noc1C(=O)OCC.CCOC(=O)c1ncc2c(-c3ccc(F)cc3)noc2c1O. The molecule has 0 unspecified atom stereocenters. The first-order valence-corrected chi connectivity index (χ1v) is 17.9. The van der Waals surface area contributed by atoms with E-state index in [-0.39, 0.29) is 62.3 Å². The molecule has 0 bridgehead atoms. The zero-order valence-corrected chi connectivity index (χ0v) is 32.2. The molecule has 3 aromatic heterocycles. The van der Waals surface area contributed by atoms with Gasteiger partial charge in [-0.05, 0) is 75.4 Å². The number of pyridine rings is 1. The van der Waals surface area contributed by atoms with Crippen molar-refractivity contribution in [3.8, 4) is 39.8 Å². The Labute approximate surface area is 331 Å². The number of carbonyl (C=O) groups excluding carboxylic acids is 3. The van der Waals surface area contributed by atoms with Crippen molar-refractivity contribution in [2.24, 2.45) is 0 Å². The van der Waals surface area contributed by atoms with Gasteiger partial charge in [-0.3, -0.25) is 9.69 Å². The molecular weight excluding hydrogens is 762 g/mol. The van der Waals surface area contributed by atoms with Crippen LogP contribution in [-0.4, -0.2) is 83.8 Å². The number of fused-ring (bicyclic) bond motifs is 1. The van der Waals surface area contributed by atoms with Gasteiger partial charge in [0.15, 0.2) is 11.4 Å². The minimum Gasteiger partial charge on any atom is -0.502 e. The highest BCUT2D eigenvalue weighted by atomic mass is 19.1. The second kappa shape index (κ2) is 19.8. The van der Waals surface area contributed by atoms with Crippen LogP contribution in [0.4, 0.5) is 8.78 Å². The van der Waals surface area contributed by atoms with Crippen molar-refractivity contribution >= 4 is 28.9 Å². The third kappa shape index (κ3) is 10.1. The molecule has 1 N–H and O–H groups in total. The predicted octanol–water partition coefficient (Wildman–Crippen LogP) is 7.15. The maximum Gasteiger partial charge on any atom is 0.377 e. The second-order valence-corrected chi connectivity index (χ2v) is 12.2. The first kappa shape index (κ1) is 42.3. The Morgan fingerprint density at radius 2 is 1.34 bits per heavy atom. The summed E-state index contributed by atoms with van der Waals surface area (Å²) in [7, 11) is 3.10. The summed E-state index contributed by atoms with van der Waals surface area (Å²) in [6.07, 6.45) is 1.36. The van der Waals surface area contributed by atoms with E-state index in [1.165, 1.54) is 54.7 Å². The lowest BCUT2D eigenvalue weighted by molar-refractivity contribution is -0.144. The smallest absolute Gasteiger partial charge is 0.377 e. The molecule has 15 nitrogen and oxygen atoms in total. The van der Waals surface area contributed by atoms with Crippen molar-refractivity contribution in [2.75, 3.05) is 40.6 Å². The molecule has 0 aliphatic heterocycles. The summed E-state index contributed by atoms with van der Waals surface area (Å²) in [5.41, 5.74) is 2.85. The largest absolute Gasteiger partial charge is 0.502 e. The molecule has 0 amide bonds. The fourth-order valence-electron chi connectivity index (χ4n) is 5.70. The number of rotatable bonds is 15. The van der Waals surface area contributed by atoms with Crippen molar-refractivity contribution in [1.82, 2.24) is 20.2 Å². The number of ether oxygens (including phenoxy) is 5. The van der Waals surface area contributed by atoms with Gasteiger partial charge in [-0.25, -0.2) is 23.4 Å². The number of benzene rings is 3. The number of methoxy groups -OCH3 is 2. The molecule has 0 aliphatic rings. The van der Waals surface area contributed by atoms with E-state index in [1.807, 2.05) is 6.07 Å². The van der Waals surface area contributed by atoms with Gasteiger partial charge in [0, 0.05) is 47.6 Å². The summed E-state index contributed by atoms with van der Waals surface area (Å²) in [6, 6.07) is 16.6. The third-order valence-corrected chi connectivity index (χ3v) is 8.37. The van der Waals surface area contributed by atoms with Crippen LogP contribution < -0.4 is 9.47 Å². The summed E-state index contributed by atoms with van der Waals surface area (Å²) >= 11 is 0. The summed E-state index contributed by atoms with van der Waals surface area (Å²) in [6.45, 7) is 5.84. The van der Waals surface area contributed by atoms with Gasteiger partial charge in [0.05, 0.1) is 46.0 Å². The third-order valence-electron chi connectivity index (χ3n) is 8.37. The van der Waals surface area contributed by atoms with Gasteiger partial charge in [0.2, 0.25) is 11.3 Å². The molecule has 17 heteroatoms. The quantitative estimate of drug-likeness (QED) is 0.0814. The molecule has 0 spiro atoms. The molecule has 304 valence electrons. The number of hydrogen-bond acceptors (Lipinski definition) is 15. The van der Waals surface area contributed by atoms with E-state index >= 15 is 0 Å². The van der Waals surface area contributed by atoms with E-state index in [9.17, 15) is 28.3 Å². The number of aromatic hydroxyl groups is 1. The number of hydrogen-bond donors (Lipinski definition) is 1. The van der Waals surface area contributed by atoms with E-state index < -0.39 is 29.5 Å². The van der Waals surface area contributed by atoms with Crippen LogP contribution in [0.25, 0.3) is 33.5 Å². The lowest BCUT2D eigenvalue weighted by atomic mass is 10.0. The van der Waals surface area contributed by atoms with Gasteiger partial charge in [-0.15, -0.1) is 0 Å². The number of aromatic nitrogens is 3. The lowest BCUT2D eigenvalue weighted by Gasteiger charge is -2.23. The van der Waals surface area contributed by atoms with Crippen molar-refractivity contribution in [3.05, 3.63) is 107 Å². The Hall–Kier alpha value is -6.88. The van der Waals surface area contributed by atoms with Crippen molar-refractivity contribution in [1.29, 1.82) is 0 Å². The molecule has 0 aliphatic carbocycles. The molecule has 0 saturated heterocycles. The minimum absolute atomic E-state index is 0.0254. The van der Waals surface area contributed by atoms with E-state index in [0.29, 0.717) is 45.0 Å². The number of nitrogens with zero attached hydrogens (tertiary/aromatic N) is 4. The van der Waals surface area contributed by atoms with Crippen LogP contribution >= 0.6 is 0 Å². The maximum absolute atomic E-state index is 13.5. The molecule has 0 atom stereocenters. The van der Waals surface area contributed by atoms with Crippen LogP contribution in [-0.2, 0) is 32.1 Å². The average Bonchev–Trinajstić information content (AvgIpc) is 3.84. The predicted molar refractivity (Wildman–Crippen MR) is 203 cm³/mol. The minimum atomic E-state index is -0.748. The van der Waals surface area contributed by atoms with Gasteiger partial charge in [-0.2, -0.15) is 0 Å². The zero-order valence-electron chi connectivity index (χ0n) is 32.2. The van der Waals surface area contributed by atoms with Crippen LogP contribution in [0.15, 0.2) is 82.0 Å². The Kier molecular flexibility index (Phi) is 14.4.